The lowest BCUT2D eigenvalue weighted by Crippen LogP contribution is -2.59. The quantitative estimate of drug-likeness (QED) is 0.537. The Kier molecular flexibility index (Phi) is 2.90. The zero-order valence-electron chi connectivity index (χ0n) is 9.99. The molecule has 90 valence electrons. The first-order valence-electron chi connectivity index (χ1n) is 5.74. The van der Waals surface area contributed by atoms with Crippen molar-refractivity contribution in [1.29, 1.82) is 0 Å². The average Bonchev–Trinajstić information content (AvgIpc) is 2.56. The second-order valence-corrected chi connectivity index (χ2v) is 4.34. The lowest BCUT2D eigenvalue weighted by molar-refractivity contribution is -0.284. The Morgan fingerprint density at radius 3 is 2.62 bits per heavy atom. The van der Waals surface area contributed by atoms with Gasteiger partial charge in [-0.25, -0.2) is 0 Å². The van der Waals surface area contributed by atoms with Crippen LogP contribution in [-0.2, 0) is 19.0 Å². The Morgan fingerprint density at radius 1 is 1.44 bits per heavy atom. The van der Waals surface area contributed by atoms with Crippen molar-refractivity contribution in [1.82, 2.24) is 0 Å². The standard InChI is InChI=1S/C12H18O4/c1-4-14-12(15-5-2)9(13)8-11(3)7-6-10(12)16-11/h6-7,10H,4-5,8H2,1-3H3. The van der Waals surface area contributed by atoms with Crippen LogP contribution in [0.15, 0.2) is 12.2 Å². The summed E-state index contributed by atoms with van der Waals surface area (Å²) in [6, 6.07) is 0. The van der Waals surface area contributed by atoms with Crippen molar-refractivity contribution in [3.8, 4) is 0 Å². The van der Waals surface area contributed by atoms with Crippen molar-refractivity contribution < 1.29 is 19.0 Å². The third-order valence-electron chi connectivity index (χ3n) is 3.01. The fourth-order valence-electron chi connectivity index (χ4n) is 2.36. The molecule has 2 unspecified atom stereocenters. The van der Waals surface area contributed by atoms with Crippen LogP contribution in [0.3, 0.4) is 0 Å². The lowest BCUT2D eigenvalue weighted by atomic mass is 9.93. The minimum Gasteiger partial charge on any atom is -0.357 e. The molecule has 0 saturated carbocycles. The maximum absolute atomic E-state index is 12.2. The molecule has 0 spiro atoms. The Hall–Kier alpha value is -0.710. The molecule has 0 aliphatic carbocycles. The van der Waals surface area contributed by atoms with Gasteiger partial charge in [0.25, 0.3) is 5.79 Å². The highest BCUT2D eigenvalue weighted by Gasteiger charge is 2.57. The van der Waals surface area contributed by atoms with Crippen LogP contribution in [0, 0.1) is 0 Å². The maximum Gasteiger partial charge on any atom is 0.260 e. The van der Waals surface area contributed by atoms with E-state index in [1.54, 1.807) is 0 Å². The Labute approximate surface area is 95.6 Å². The second-order valence-electron chi connectivity index (χ2n) is 4.34. The van der Waals surface area contributed by atoms with E-state index in [-0.39, 0.29) is 5.78 Å². The molecule has 2 bridgehead atoms. The molecule has 2 aliphatic heterocycles. The molecule has 2 heterocycles. The van der Waals surface area contributed by atoms with Crippen LogP contribution in [-0.4, -0.2) is 36.5 Å². The number of ether oxygens (including phenoxy) is 3. The molecule has 2 rings (SSSR count). The van der Waals surface area contributed by atoms with Crippen LogP contribution in [0.4, 0.5) is 0 Å². The molecule has 1 saturated heterocycles. The van der Waals surface area contributed by atoms with E-state index in [1.807, 2.05) is 32.9 Å². The summed E-state index contributed by atoms with van der Waals surface area (Å²) in [4.78, 5) is 12.2. The fourth-order valence-corrected chi connectivity index (χ4v) is 2.36. The van der Waals surface area contributed by atoms with E-state index in [2.05, 4.69) is 0 Å². The monoisotopic (exact) mass is 226 g/mol. The molecule has 0 aromatic heterocycles. The fraction of sp³-hybridized carbons (Fsp3) is 0.750. The SMILES string of the molecule is CCOC1(OCC)C(=O)CC2(C)C=CC1O2. The van der Waals surface area contributed by atoms with E-state index in [0.29, 0.717) is 19.6 Å². The maximum atomic E-state index is 12.2. The van der Waals surface area contributed by atoms with Crippen LogP contribution in [0.5, 0.6) is 0 Å². The highest BCUT2D eigenvalue weighted by atomic mass is 16.7. The van der Waals surface area contributed by atoms with Crippen molar-refractivity contribution in [3.05, 3.63) is 12.2 Å². The van der Waals surface area contributed by atoms with Crippen LogP contribution < -0.4 is 0 Å². The molecular weight excluding hydrogens is 208 g/mol. The Balaban J connectivity index is 2.30. The van der Waals surface area contributed by atoms with E-state index in [9.17, 15) is 4.79 Å². The number of hydrogen-bond donors (Lipinski definition) is 0. The first kappa shape index (κ1) is 11.8. The van der Waals surface area contributed by atoms with Gasteiger partial charge in [-0.3, -0.25) is 4.79 Å². The third kappa shape index (κ3) is 1.61. The Morgan fingerprint density at radius 2 is 2.06 bits per heavy atom. The van der Waals surface area contributed by atoms with Gasteiger partial charge in [0, 0.05) is 19.6 Å². The van der Waals surface area contributed by atoms with Crippen molar-refractivity contribution in [2.75, 3.05) is 13.2 Å². The summed E-state index contributed by atoms with van der Waals surface area (Å²) in [7, 11) is 0. The van der Waals surface area contributed by atoms with E-state index >= 15 is 0 Å². The average molecular weight is 226 g/mol. The number of rotatable bonds is 4. The normalized spacial score (nSPS) is 35.7. The van der Waals surface area contributed by atoms with E-state index < -0.39 is 17.5 Å². The van der Waals surface area contributed by atoms with Gasteiger partial charge in [-0.05, 0) is 20.8 Å². The van der Waals surface area contributed by atoms with Gasteiger partial charge in [-0.2, -0.15) is 0 Å². The van der Waals surface area contributed by atoms with E-state index in [1.165, 1.54) is 0 Å². The van der Waals surface area contributed by atoms with Crippen LogP contribution in [0.25, 0.3) is 0 Å². The molecule has 1 fully saturated rings. The first-order chi connectivity index (χ1) is 7.56. The first-order valence-corrected chi connectivity index (χ1v) is 5.74. The van der Waals surface area contributed by atoms with Crippen molar-refractivity contribution in [2.24, 2.45) is 0 Å². The number of fused-ring (bicyclic) bond motifs is 2. The highest BCUT2D eigenvalue weighted by Crippen LogP contribution is 2.41. The largest absolute Gasteiger partial charge is 0.357 e. The summed E-state index contributed by atoms with van der Waals surface area (Å²) in [5, 5.41) is 0. The summed E-state index contributed by atoms with van der Waals surface area (Å²) in [6.45, 7) is 6.45. The predicted octanol–water partition coefficient (Wildman–Crippen LogP) is 1.44. The molecule has 0 aromatic carbocycles. The molecule has 16 heavy (non-hydrogen) atoms. The molecule has 4 heteroatoms. The summed E-state index contributed by atoms with van der Waals surface area (Å²) in [6.07, 6.45) is 3.68. The zero-order valence-corrected chi connectivity index (χ0v) is 9.99. The smallest absolute Gasteiger partial charge is 0.260 e. The number of carbonyl (C=O) groups is 1. The molecule has 0 aromatic rings. The van der Waals surface area contributed by atoms with Gasteiger partial charge < -0.3 is 14.2 Å². The second kappa shape index (κ2) is 3.95. The minimum atomic E-state index is -1.23. The lowest BCUT2D eigenvalue weighted by Gasteiger charge is -2.42. The summed E-state index contributed by atoms with van der Waals surface area (Å²) in [5.74, 6) is -1.25. The van der Waals surface area contributed by atoms with Gasteiger partial charge in [-0.15, -0.1) is 0 Å². The Bertz CT molecular complexity index is 317. The molecule has 2 atom stereocenters. The van der Waals surface area contributed by atoms with Gasteiger partial charge in [0.1, 0.15) is 6.10 Å². The van der Waals surface area contributed by atoms with Crippen LogP contribution in [0.2, 0.25) is 0 Å². The van der Waals surface area contributed by atoms with Gasteiger partial charge in [0.05, 0.1) is 5.60 Å². The van der Waals surface area contributed by atoms with E-state index in [0.717, 1.165) is 0 Å². The molecule has 4 nitrogen and oxygen atoms in total. The van der Waals surface area contributed by atoms with Gasteiger partial charge >= 0.3 is 0 Å². The van der Waals surface area contributed by atoms with Crippen molar-refractivity contribution in [3.63, 3.8) is 0 Å². The molecule has 0 radical (unpaired) electrons. The zero-order chi connectivity index (χ0) is 11.8. The van der Waals surface area contributed by atoms with Gasteiger partial charge in [0.15, 0.2) is 5.78 Å². The summed E-state index contributed by atoms with van der Waals surface area (Å²) >= 11 is 0. The number of ketones is 1. The van der Waals surface area contributed by atoms with Gasteiger partial charge in [0.2, 0.25) is 0 Å². The van der Waals surface area contributed by atoms with Gasteiger partial charge in [-0.1, -0.05) is 12.2 Å². The van der Waals surface area contributed by atoms with Crippen molar-refractivity contribution >= 4 is 5.78 Å². The number of Topliss-reactive ketones (excluding diaryl/α,β-unsaturated/α-hetero) is 1. The summed E-state index contributed by atoms with van der Waals surface area (Å²) in [5.41, 5.74) is -0.473. The number of carbonyl (C=O) groups excluding carboxylic acids is 1. The minimum absolute atomic E-state index is 0.0278. The molecule has 0 N–H and O–H groups in total. The van der Waals surface area contributed by atoms with Crippen LogP contribution in [0.1, 0.15) is 27.2 Å². The predicted molar refractivity (Wildman–Crippen MR) is 58.0 cm³/mol. The molecule has 0 amide bonds. The van der Waals surface area contributed by atoms with E-state index in [4.69, 9.17) is 14.2 Å². The summed E-state index contributed by atoms with van der Waals surface area (Å²) < 4.78 is 16.9. The topological polar surface area (TPSA) is 44.8 Å². The van der Waals surface area contributed by atoms with Crippen molar-refractivity contribution in [2.45, 2.75) is 44.7 Å². The van der Waals surface area contributed by atoms with Crippen LogP contribution >= 0.6 is 0 Å². The number of hydrogen-bond acceptors (Lipinski definition) is 4. The third-order valence-corrected chi connectivity index (χ3v) is 3.01. The highest BCUT2D eigenvalue weighted by molar-refractivity contribution is 5.89. The molecule has 2 aliphatic rings. The molecular formula is C12H18O4.